The SMILES string of the molecule is C[C@H](O)c1ccccc1Sc1cc(F)ccc1F. The van der Waals surface area contributed by atoms with Crippen LogP contribution in [0.5, 0.6) is 0 Å². The van der Waals surface area contributed by atoms with E-state index in [4.69, 9.17) is 0 Å². The summed E-state index contributed by atoms with van der Waals surface area (Å²) in [6.07, 6.45) is -0.648. The zero-order valence-electron chi connectivity index (χ0n) is 9.73. The summed E-state index contributed by atoms with van der Waals surface area (Å²) in [6, 6.07) is 10.5. The minimum atomic E-state index is -0.648. The lowest BCUT2D eigenvalue weighted by Gasteiger charge is -2.11. The standard InChI is InChI=1S/C14H12F2OS/c1-9(17)11-4-2-3-5-13(11)18-14-8-10(15)6-7-12(14)16/h2-9,17H,1H3/t9-/m0/s1. The third-order valence-corrected chi connectivity index (χ3v) is 3.61. The number of hydrogen-bond donors (Lipinski definition) is 1. The largest absolute Gasteiger partial charge is 0.389 e. The third kappa shape index (κ3) is 2.89. The van der Waals surface area contributed by atoms with E-state index in [1.54, 1.807) is 31.2 Å². The van der Waals surface area contributed by atoms with E-state index in [0.29, 0.717) is 5.56 Å². The van der Waals surface area contributed by atoms with Crippen molar-refractivity contribution in [2.45, 2.75) is 22.8 Å². The lowest BCUT2D eigenvalue weighted by molar-refractivity contribution is 0.196. The van der Waals surface area contributed by atoms with Crippen LogP contribution in [-0.2, 0) is 0 Å². The molecule has 2 rings (SSSR count). The first-order valence-electron chi connectivity index (χ1n) is 5.48. The summed E-state index contributed by atoms with van der Waals surface area (Å²) in [7, 11) is 0. The van der Waals surface area contributed by atoms with Crippen molar-refractivity contribution in [3.8, 4) is 0 Å². The molecule has 0 saturated carbocycles. The maximum absolute atomic E-state index is 13.5. The van der Waals surface area contributed by atoms with Gasteiger partial charge in [0.1, 0.15) is 11.6 Å². The molecule has 94 valence electrons. The van der Waals surface area contributed by atoms with Gasteiger partial charge in [0.25, 0.3) is 0 Å². The van der Waals surface area contributed by atoms with Crippen molar-refractivity contribution in [1.82, 2.24) is 0 Å². The molecule has 18 heavy (non-hydrogen) atoms. The number of halogens is 2. The molecule has 2 aromatic rings. The highest BCUT2D eigenvalue weighted by atomic mass is 32.2. The highest BCUT2D eigenvalue weighted by Gasteiger charge is 2.11. The smallest absolute Gasteiger partial charge is 0.137 e. The van der Waals surface area contributed by atoms with Gasteiger partial charge in [0.05, 0.1) is 11.0 Å². The molecule has 0 amide bonds. The molecule has 1 atom stereocenters. The number of hydrogen-bond acceptors (Lipinski definition) is 2. The van der Waals surface area contributed by atoms with Crippen molar-refractivity contribution < 1.29 is 13.9 Å². The van der Waals surface area contributed by atoms with Crippen molar-refractivity contribution in [3.63, 3.8) is 0 Å². The summed E-state index contributed by atoms with van der Waals surface area (Å²) in [5, 5.41) is 9.63. The Morgan fingerprint density at radius 2 is 1.78 bits per heavy atom. The Kier molecular flexibility index (Phi) is 3.99. The van der Waals surface area contributed by atoms with Crippen molar-refractivity contribution in [1.29, 1.82) is 0 Å². The highest BCUT2D eigenvalue weighted by molar-refractivity contribution is 7.99. The predicted octanol–water partition coefficient (Wildman–Crippen LogP) is 4.17. The zero-order valence-corrected chi connectivity index (χ0v) is 10.5. The molecule has 0 radical (unpaired) electrons. The van der Waals surface area contributed by atoms with Crippen LogP contribution in [0.15, 0.2) is 52.3 Å². The zero-order chi connectivity index (χ0) is 13.1. The van der Waals surface area contributed by atoms with Gasteiger partial charge in [-0.3, -0.25) is 0 Å². The Labute approximate surface area is 108 Å². The van der Waals surface area contributed by atoms with Crippen LogP contribution < -0.4 is 0 Å². The first kappa shape index (κ1) is 13.1. The van der Waals surface area contributed by atoms with E-state index in [-0.39, 0.29) is 4.90 Å². The minimum Gasteiger partial charge on any atom is -0.389 e. The van der Waals surface area contributed by atoms with Gasteiger partial charge in [-0.25, -0.2) is 8.78 Å². The molecule has 0 unspecified atom stereocenters. The fraction of sp³-hybridized carbons (Fsp3) is 0.143. The van der Waals surface area contributed by atoms with Crippen LogP contribution in [-0.4, -0.2) is 5.11 Å². The van der Waals surface area contributed by atoms with E-state index < -0.39 is 17.7 Å². The summed E-state index contributed by atoms with van der Waals surface area (Å²) in [6.45, 7) is 1.64. The summed E-state index contributed by atoms with van der Waals surface area (Å²) >= 11 is 1.11. The van der Waals surface area contributed by atoms with Gasteiger partial charge in [0, 0.05) is 4.90 Å². The fourth-order valence-electron chi connectivity index (χ4n) is 1.59. The topological polar surface area (TPSA) is 20.2 Å². The summed E-state index contributed by atoms with van der Waals surface area (Å²) in [5.41, 5.74) is 0.700. The van der Waals surface area contributed by atoms with Gasteiger partial charge in [-0.1, -0.05) is 30.0 Å². The average molecular weight is 266 g/mol. The van der Waals surface area contributed by atoms with E-state index in [2.05, 4.69) is 0 Å². The fourth-order valence-corrected chi connectivity index (χ4v) is 2.67. The number of aliphatic hydroxyl groups is 1. The molecule has 0 bridgehead atoms. The van der Waals surface area contributed by atoms with Crippen LogP contribution in [0.3, 0.4) is 0 Å². The predicted molar refractivity (Wildman–Crippen MR) is 67.6 cm³/mol. The molecule has 0 heterocycles. The van der Waals surface area contributed by atoms with Crippen LogP contribution in [0.1, 0.15) is 18.6 Å². The summed E-state index contributed by atoms with van der Waals surface area (Å²) in [5.74, 6) is -0.949. The van der Waals surface area contributed by atoms with Gasteiger partial charge in [-0.2, -0.15) is 0 Å². The molecule has 4 heteroatoms. The third-order valence-electron chi connectivity index (χ3n) is 2.48. The first-order valence-corrected chi connectivity index (χ1v) is 6.29. The maximum Gasteiger partial charge on any atom is 0.137 e. The summed E-state index contributed by atoms with van der Waals surface area (Å²) < 4.78 is 26.6. The Bertz CT molecular complexity index is 555. The Morgan fingerprint density at radius 3 is 2.50 bits per heavy atom. The van der Waals surface area contributed by atoms with E-state index in [1.807, 2.05) is 0 Å². The van der Waals surface area contributed by atoms with E-state index in [9.17, 15) is 13.9 Å². The van der Waals surface area contributed by atoms with Crippen LogP contribution in [0.4, 0.5) is 8.78 Å². The average Bonchev–Trinajstić information content (AvgIpc) is 2.34. The van der Waals surface area contributed by atoms with Crippen LogP contribution in [0, 0.1) is 11.6 Å². The molecule has 0 aliphatic heterocycles. The van der Waals surface area contributed by atoms with Gasteiger partial charge < -0.3 is 5.11 Å². The molecule has 0 spiro atoms. The molecule has 0 aromatic heterocycles. The van der Waals surface area contributed by atoms with E-state index >= 15 is 0 Å². The van der Waals surface area contributed by atoms with Crippen LogP contribution in [0.25, 0.3) is 0 Å². The van der Waals surface area contributed by atoms with Crippen LogP contribution in [0.2, 0.25) is 0 Å². The number of benzene rings is 2. The van der Waals surface area contributed by atoms with E-state index in [0.717, 1.165) is 34.9 Å². The molecule has 1 nitrogen and oxygen atoms in total. The first-order chi connectivity index (χ1) is 8.58. The molecular weight excluding hydrogens is 254 g/mol. The highest BCUT2D eigenvalue weighted by Crippen LogP contribution is 2.34. The van der Waals surface area contributed by atoms with Crippen LogP contribution >= 0.6 is 11.8 Å². The number of aliphatic hydroxyl groups excluding tert-OH is 1. The second-order valence-corrected chi connectivity index (χ2v) is 4.97. The van der Waals surface area contributed by atoms with Gasteiger partial charge in [-0.15, -0.1) is 0 Å². The van der Waals surface area contributed by atoms with Crippen molar-refractivity contribution in [2.75, 3.05) is 0 Å². The molecule has 0 fully saturated rings. The van der Waals surface area contributed by atoms with Crippen molar-refractivity contribution in [3.05, 3.63) is 59.7 Å². The molecule has 0 aliphatic carbocycles. The van der Waals surface area contributed by atoms with E-state index in [1.165, 1.54) is 0 Å². The van der Waals surface area contributed by atoms with Gasteiger partial charge in [0.15, 0.2) is 0 Å². The lowest BCUT2D eigenvalue weighted by Crippen LogP contribution is -1.94. The molecular formula is C14H12F2OS. The van der Waals surface area contributed by atoms with Crippen molar-refractivity contribution >= 4 is 11.8 Å². The monoisotopic (exact) mass is 266 g/mol. The Hall–Kier alpha value is -1.39. The second-order valence-electron chi connectivity index (χ2n) is 3.89. The minimum absolute atomic E-state index is 0.211. The molecule has 1 N–H and O–H groups in total. The number of rotatable bonds is 3. The Balaban J connectivity index is 2.37. The van der Waals surface area contributed by atoms with Crippen molar-refractivity contribution in [2.24, 2.45) is 0 Å². The molecule has 0 saturated heterocycles. The quantitative estimate of drug-likeness (QED) is 0.899. The van der Waals surface area contributed by atoms with Gasteiger partial charge >= 0.3 is 0 Å². The maximum atomic E-state index is 13.5. The second kappa shape index (κ2) is 5.50. The normalized spacial score (nSPS) is 12.4. The van der Waals surface area contributed by atoms with Gasteiger partial charge in [0.2, 0.25) is 0 Å². The van der Waals surface area contributed by atoms with Gasteiger partial charge in [-0.05, 0) is 36.8 Å². The Morgan fingerprint density at radius 1 is 1.06 bits per heavy atom. The molecule has 0 aliphatic rings. The lowest BCUT2D eigenvalue weighted by atomic mass is 10.1. The molecule has 2 aromatic carbocycles. The summed E-state index contributed by atoms with van der Waals surface area (Å²) in [4.78, 5) is 0.931.